The lowest BCUT2D eigenvalue weighted by molar-refractivity contribution is 0.155. The number of sulfonamides is 1. The predicted octanol–water partition coefficient (Wildman–Crippen LogP) is 3.19. The van der Waals surface area contributed by atoms with Gasteiger partial charge in [0.05, 0.1) is 11.0 Å². The number of aliphatic hydroxyl groups excluding tert-OH is 1. The molecule has 0 aliphatic heterocycles. The molecule has 4 nitrogen and oxygen atoms in total. The van der Waals surface area contributed by atoms with Crippen molar-refractivity contribution in [2.24, 2.45) is 0 Å². The van der Waals surface area contributed by atoms with Crippen LogP contribution in [0.25, 0.3) is 10.8 Å². The first-order chi connectivity index (χ1) is 11.5. The number of hydrogen-bond acceptors (Lipinski definition) is 3. The molecule has 0 amide bonds. The maximum absolute atomic E-state index is 12.8. The Morgan fingerprint density at radius 3 is 2.25 bits per heavy atom. The molecule has 3 aromatic rings. The zero-order chi connectivity index (χ0) is 17.2. The van der Waals surface area contributed by atoms with Crippen molar-refractivity contribution in [3.8, 4) is 0 Å². The highest BCUT2D eigenvalue weighted by Crippen LogP contribution is 2.23. The van der Waals surface area contributed by atoms with Crippen molar-refractivity contribution in [1.29, 1.82) is 0 Å². The second kappa shape index (κ2) is 6.73. The van der Waals surface area contributed by atoms with E-state index < -0.39 is 16.1 Å². The quantitative estimate of drug-likeness (QED) is 0.775. The number of aliphatic hydroxyl groups is 1. The standard InChI is InChI=1S/C19H19NO3S/c1-20(14-19(21)16-8-3-2-4-9-16)24(22,23)18-12-11-15-7-5-6-10-17(15)13-18/h2-13,19,21H,14H2,1H3. The van der Waals surface area contributed by atoms with Crippen molar-refractivity contribution in [3.63, 3.8) is 0 Å². The first-order valence-electron chi connectivity index (χ1n) is 7.66. The van der Waals surface area contributed by atoms with Crippen molar-refractivity contribution in [2.75, 3.05) is 13.6 Å². The summed E-state index contributed by atoms with van der Waals surface area (Å²) in [7, 11) is -2.18. The van der Waals surface area contributed by atoms with E-state index >= 15 is 0 Å². The Labute approximate surface area is 142 Å². The largest absolute Gasteiger partial charge is 0.387 e. The van der Waals surface area contributed by atoms with E-state index in [-0.39, 0.29) is 11.4 Å². The van der Waals surface area contributed by atoms with E-state index in [9.17, 15) is 13.5 Å². The van der Waals surface area contributed by atoms with Crippen LogP contribution < -0.4 is 0 Å². The first-order valence-corrected chi connectivity index (χ1v) is 9.10. The fraction of sp³-hybridized carbons (Fsp3) is 0.158. The molecule has 0 aliphatic carbocycles. The van der Waals surface area contributed by atoms with Gasteiger partial charge in [0.25, 0.3) is 0 Å². The number of fused-ring (bicyclic) bond motifs is 1. The van der Waals surface area contributed by atoms with Gasteiger partial charge < -0.3 is 5.11 Å². The van der Waals surface area contributed by atoms with E-state index in [0.29, 0.717) is 5.56 Å². The highest BCUT2D eigenvalue weighted by Gasteiger charge is 2.23. The van der Waals surface area contributed by atoms with Crippen molar-refractivity contribution in [3.05, 3.63) is 78.4 Å². The van der Waals surface area contributed by atoms with E-state index in [2.05, 4.69) is 0 Å². The van der Waals surface area contributed by atoms with Gasteiger partial charge in [0, 0.05) is 13.6 Å². The van der Waals surface area contributed by atoms with Gasteiger partial charge in [-0.15, -0.1) is 0 Å². The van der Waals surface area contributed by atoms with Gasteiger partial charge in [0.2, 0.25) is 10.0 Å². The van der Waals surface area contributed by atoms with Crippen LogP contribution in [0.1, 0.15) is 11.7 Å². The van der Waals surface area contributed by atoms with Crippen LogP contribution in [0.3, 0.4) is 0 Å². The first kappa shape index (κ1) is 16.6. The molecule has 124 valence electrons. The van der Waals surface area contributed by atoms with Gasteiger partial charge in [-0.3, -0.25) is 0 Å². The Morgan fingerprint density at radius 1 is 0.917 bits per heavy atom. The smallest absolute Gasteiger partial charge is 0.242 e. The molecule has 1 unspecified atom stereocenters. The number of hydrogen-bond donors (Lipinski definition) is 1. The summed E-state index contributed by atoms with van der Waals surface area (Å²) >= 11 is 0. The van der Waals surface area contributed by atoms with E-state index in [1.54, 1.807) is 30.3 Å². The molecule has 0 saturated heterocycles. The third-order valence-electron chi connectivity index (χ3n) is 4.04. The molecule has 3 aromatic carbocycles. The molecule has 0 radical (unpaired) electrons. The second-order valence-electron chi connectivity index (χ2n) is 5.72. The summed E-state index contributed by atoms with van der Waals surface area (Å²) in [5, 5.41) is 12.1. The SMILES string of the molecule is CN(CC(O)c1ccccc1)S(=O)(=O)c1ccc2ccccc2c1. The molecule has 3 rings (SSSR count). The van der Waals surface area contributed by atoms with Gasteiger partial charge >= 0.3 is 0 Å². The fourth-order valence-electron chi connectivity index (χ4n) is 2.63. The van der Waals surface area contributed by atoms with Crippen molar-refractivity contribution in [1.82, 2.24) is 4.31 Å². The van der Waals surface area contributed by atoms with Crippen molar-refractivity contribution >= 4 is 20.8 Å². The number of nitrogens with zero attached hydrogens (tertiary/aromatic N) is 1. The lowest BCUT2D eigenvalue weighted by atomic mass is 10.1. The van der Waals surface area contributed by atoms with Gasteiger partial charge in [-0.25, -0.2) is 8.42 Å². The minimum atomic E-state index is -3.66. The van der Waals surface area contributed by atoms with Crippen LogP contribution >= 0.6 is 0 Å². The van der Waals surface area contributed by atoms with Crippen molar-refractivity contribution in [2.45, 2.75) is 11.0 Å². The summed E-state index contributed by atoms with van der Waals surface area (Å²) in [5.74, 6) is 0. The Hall–Kier alpha value is -2.21. The number of likely N-dealkylation sites (N-methyl/N-ethyl adjacent to an activating group) is 1. The molecular formula is C19H19NO3S. The summed E-state index contributed by atoms with van der Waals surface area (Å²) < 4.78 is 26.7. The Bertz CT molecular complexity index is 939. The zero-order valence-electron chi connectivity index (χ0n) is 13.3. The van der Waals surface area contributed by atoms with Crippen LogP contribution in [0.2, 0.25) is 0 Å². The maximum Gasteiger partial charge on any atom is 0.242 e. The number of benzene rings is 3. The molecule has 0 heterocycles. The Balaban J connectivity index is 1.85. The average molecular weight is 341 g/mol. The zero-order valence-corrected chi connectivity index (χ0v) is 14.1. The lowest BCUT2D eigenvalue weighted by Gasteiger charge is -2.21. The maximum atomic E-state index is 12.8. The van der Waals surface area contributed by atoms with Crippen molar-refractivity contribution < 1.29 is 13.5 Å². The van der Waals surface area contributed by atoms with E-state index in [1.165, 1.54) is 11.4 Å². The van der Waals surface area contributed by atoms with Gasteiger partial charge in [-0.2, -0.15) is 4.31 Å². The molecule has 0 fully saturated rings. The van der Waals surface area contributed by atoms with Crippen LogP contribution in [-0.4, -0.2) is 31.4 Å². The second-order valence-corrected chi connectivity index (χ2v) is 7.77. The van der Waals surface area contributed by atoms with Gasteiger partial charge in [0.15, 0.2) is 0 Å². The highest BCUT2D eigenvalue weighted by atomic mass is 32.2. The molecule has 1 atom stereocenters. The van der Waals surface area contributed by atoms with Crippen LogP contribution in [0.4, 0.5) is 0 Å². The van der Waals surface area contributed by atoms with E-state index in [1.807, 2.05) is 42.5 Å². The predicted molar refractivity (Wildman–Crippen MR) is 95.2 cm³/mol. The normalized spacial score (nSPS) is 13.3. The molecular weight excluding hydrogens is 322 g/mol. The minimum Gasteiger partial charge on any atom is -0.387 e. The van der Waals surface area contributed by atoms with Crippen LogP contribution in [0, 0.1) is 0 Å². The summed E-state index contributed by atoms with van der Waals surface area (Å²) in [5.41, 5.74) is 0.693. The third-order valence-corrected chi connectivity index (χ3v) is 5.86. The summed E-state index contributed by atoms with van der Waals surface area (Å²) in [4.78, 5) is 0.226. The fourth-order valence-corrected chi connectivity index (χ4v) is 3.84. The lowest BCUT2D eigenvalue weighted by Crippen LogP contribution is -2.31. The summed E-state index contributed by atoms with van der Waals surface area (Å²) in [6.45, 7) is -0.000820. The molecule has 1 N–H and O–H groups in total. The summed E-state index contributed by atoms with van der Waals surface area (Å²) in [6, 6.07) is 21.7. The molecule has 5 heteroatoms. The molecule has 0 saturated carbocycles. The van der Waals surface area contributed by atoms with Gasteiger partial charge in [-0.05, 0) is 28.5 Å². The molecule has 0 bridgehead atoms. The Morgan fingerprint density at radius 2 is 1.54 bits per heavy atom. The molecule has 0 aromatic heterocycles. The molecule has 24 heavy (non-hydrogen) atoms. The number of rotatable bonds is 5. The molecule has 0 spiro atoms. The minimum absolute atomic E-state index is 0.000820. The topological polar surface area (TPSA) is 57.6 Å². The van der Waals surface area contributed by atoms with Crippen LogP contribution in [-0.2, 0) is 10.0 Å². The van der Waals surface area contributed by atoms with Gasteiger partial charge in [0.1, 0.15) is 0 Å². The molecule has 0 aliphatic rings. The van der Waals surface area contributed by atoms with E-state index in [0.717, 1.165) is 10.8 Å². The van der Waals surface area contributed by atoms with Crippen LogP contribution in [0.15, 0.2) is 77.7 Å². The van der Waals surface area contributed by atoms with Crippen LogP contribution in [0.5, 0.6) is 0 Å². The summed E-state index contributed by atoms with van der Waals surface area (Å²) in [6.07, 6.45) is -0.869. The monoisotopic (exact) mass is 341 g/mol. The Kier molecular flexibility index (Phi) is 4.66. The average Bonchev–Trinajstić information content (AvgIpc) is 2.61. The van der Waals surface area contributed by atoms with Gasteiger partial charge in [-0.1, -0.05) is 60.7 Å². The third kappa shape index (κ3) is 3.33. The van der Waals surface area contributed by atoms with E-state index in [4.69, 9.17) is 0 Å². The highest BCUT2D eigenvalue weighted by molar-refractivity contribution is 7.89.